The number of hydrogen-bond donors (Lipinski definition) is 1. The third-order valence-electron chi connectivity index (χ3n) is 3.06. The number of aliphatic hydroxyl groups is 1. The van der Waals surface area contributed by atoms with Crippen molar-refractivity contribution in [3.63, 3.8) is 0 Å². The second-order valence-electron chi connectivity index (χ2n) is 4.34. The Morgan fingerprint density at radius 3 is 2.65 bits per heavy atom. The standard InChI is InChI=1S/C15H19NO/c17-13-7-4-9-14-8-2-3-10-15(14)16-11-5-1-6-12-16/h2-3,8,10,17H,1,5-7,11-13H2. The normalized spacial score (nSPS) is 15.2. The van der Waals surface area contributed by atoms with Crippen molar-refractivity contribution in [2.24, 2.45) is 0 Å². The molecule has 1 aromatic carbocycles. The van der Waals surface area contributed by atoms with Crippen LogP contribution < -0.4 is 4.90 Å². The number of para-hydroxylation sites is 1. The van der Waals surface area contributed by atoms with E-state index in [-0.39, 0.29) is 6.61 Å². The summed E-state index contributed by atoms with van der Waals surface area (Å²) in [6.07, 6.45) is 4.44. The zero-order chi connectivity index (χ0) is 11.9. The molecule has 2 nitrogen and oxygen atoms in total. The van der Waals surface area contributed by atoms with Crippen LogP contribution in [0.5, 0.6) is 0 Å². The minimum atomic E-state index is 0.138. The zero-order valence-electron chi connectivity index (χ0n) is 10.2. The molecule has 0 radical (unpaired) electrons. The fraction of sp³-hybridized carbons (Fsp3) is 0.467. The number of anilines is 1. The third-order valence-corrected chi connectivity index (χ3v) is 3.06. The van der Waals surface area contributed by atoms with Gasteiger partial charge in [0.1, 0.15) is 0 Å². The molecule has 0 amide bonds. The van der Waals surface area contributed by atoms with Crippen molar-refractivity contribution in [2.45, 2.75) is 25.7 Å². The van der Waals surface area contributed by atoms with E-state index in [2.05, 4.69) is 34.9 Å². The van der Waals surface area contributed by atoms with E-state index in [9.17, 15) is 0 Å². The lowest BCUT2D eigenvalue weighted by Crippen LogP contribution is -2.29. The average molecular weight is 229 g/mol. The fourth-order valence-corrected chi connectivity index (χ4v) is 2.20. The van der Waals surface area contributed by atoms with Crippen LogP contribution in [0.1, 0.15) is 31.2 Å². The Hall–Kier alpha value is -1.46. The third kappa shape index (κ3) is 3.25. The summed E-state index contributed by atoms with van der Waals surface area (Å²) in [6, 6.07) is 8.31. The van der Waals surface area contributed by atoms with Crippen molar-refractivity contribution in [2.75, 3.05) is 24.6 Å². The van der Waals surface area contributed by atoms with Crippen LogP contribution >= 0.6 is 0 Å². The van der Waals surface area contributed by atoms with Gasteiger partial charge in [-0.2, -0.15) is 0 Å². The van der Waals surface area contributed by atoms with Gasteiger partial charge in [-0.25, -0.2) is 0 Å². The molecule has 1 saturated heterocycles. The molecular weight excluding hydrogens is 210 g/mol. The minimum Gasteiger partial charge on any atom is -0.395 e. The topological polar surface area (TPSA) is 23.5 Å². The first-order valence-electron chi connectivity index (χ1n) is 6.35. The predicted molar refractivity (Wildman–Crippen MR) is 71.1 cm³/mol. The Labute approximate surface area is 103 Å². The summed E-state index contributed by atoms with van der Waals surface area (Å²) in [6.45, 7) is 2.41. The van der Waals surface area contributed by atoms with Gasteiger partial charge >= 0.3 is 0 Å². The summed E-state index contributed by atoms with van der Waals surface area (Å²) in [5.74, 6) is 6.16. The van der Waals surface area contributed by atoms with Crippen LogP contribution in [0.2, 0.25) is 0 Å². The molecule has 1 fully saturated rings. The van der Waals surface area contributed by atoms with Crippen molar-refractivity contribution in [3.05, 3.63) is 29.8 Å². The lowest BCUT2D eigenvalue weighted by Gasteiger charge is -2.29. The van der Waals surface area contributed by atoms with Crippen LogP contribution in [0.25, 0.3) is 0 Å². The Balaban J connectivity index is 2.18. The van der Waals surface area contributed by atoms with E-state index in [0.29, 0.717) is 6.42 Å². The molecule has 2 heteroatoms. The van der Waals surface area contributed by atoms with Crippen molar-refractivity contribution in [1.82, 2.24) is 0 Å². The maximum absolute atomic E-state index is 8.75. The average Bonchev–Trinajstić information content (AvgIpc) is 2.41. The van der Waals surface area contributed by atoms with Gasteiger partial charge in [0.15, 0.2) is 0 Å². The number of piperidine rings is 1. The number of nitrogens with zero attached hydrogens (tertiary/aromatic N) is 1. The molecule has 1 aromatic rings. The Kier molecular flexibility index (Phi) is 4.46. The molecule has 0 aromatic heterocycles. The molecule has 0 unspecified atom stereocenters. The number of hydrogen-bond acceptors (Lipinski definition) is 2. The van der Waals surface area contributed by atoms with Crippen molar-refractivity contribution >= 4 is 5.69 Å². The zero-order valence-corrected chi connectivity index (χ0v) is 10.2. The van der Waals surface area contributed by atoms with E-state index in [4.69, 9.17) is 5.11 Å². The first-order chi connectivity index (χ1) is 8.42. The van der Waals surface area contributed by atoms with Gasteiger partial charge in [0, 0.05) is 25.1 Å². The first kappa shape index (κ1) is 12.0. The molecule has 0 aliphatic carbocycles. The first-order valence-corrected chi connectivity index (χ1v) is 6.35. The smallest absolute Gasteiger partial charge is 0.0540 e. The van der Waals surface area contributed by atoms with Gasteiger partial charge in [-0.3, -0.25) is 0 Å². The largest absolute Gasteiger partial charge is 0.395 e. The highest BCUT2D eigenvalue weighted by Crippen LogP contribution is 2.23. The maximum Gasteiger partial charge on any atom is 0.0540 e. The Morgan fingerprint density at radius 1 is 1.12 bits per heavy atom. The summed E-state index contributed by atoms with van der Waals surface area (Å²) in [5.41, 5.74) is 2.33. The predicted octanol–water partition coefficient (Wildman–Crippen LogP) is 2.41. The Bertz CT molecular complexity index is 410. The summed E-state index contributed by atoms with van der Waals surface area (Å²) in [7, 11) is 0. The van der Waals surface area contributed by atoms with Crippen LogP contribution in [-0.2, 0) is 0 Å². The minimum absolute atomic E-state index is 0.138. The molecule has 1 heterocycles. The highest BCUT2D eigenvalue weighted by atomic mass is 16.2. The number of benzene rings is 1. The fourth-order valence-electron chi connectivity index (χ4n) is 2.20. The summed E-state index contributed by atoms with van der Waals surface area (Å²) in [5, 5.41) is 8.75. The van der Waals surface area contributed by atoms with Gasteiger partial charge in [0.2, 0.25) is 0 Å². The van der Waals surface area contributed by atoms with Crippen LogP contribution in [0, 0.1) is 11.8 Å². The van der Waals surface area contributed by atoms with Gasteiger partial charge in [-0.05, 0) is 31.4 Å². The maximum atomic E-state index is 8.75. The van der Waals surface area contributed by atoms with E-state index in [1.165, 1.54) is 24.9 Å². The molecule has 17 heavy (non-hydrogen) atoms. The second-order valence-corrected chi connectivity index (χ2v) is 4.34. The lowest BCUT2D eigenvalue weighted by atomic mass is 10.1. The van der Waals surface area contributed by atoms with E-state index >= 15 is 0 Å². The molecule has 1 N–H and O–H groups in total. The monoisotopic (exact) mass is 229 g/mol. The van der Waals surface area contributed by atoms with Crippen molar-refractivity contribution < 1.29 is 5.11 Å². The SMILES string of the molecule is OCCC#Cc1ccccc1N1CCCCC1. The van der Waals surface area contributed by atoms with E-state index in [1.54, 1.807) is 0 Å². The highest BCUT2D eigenvalue weighted by Gasteiger charge is 2.12. The Morgan fingerprint density at radius 2 is 1.88 bits per heavy atom. The highest BCUT2D eigenvalue weighted by molar-refractivity contribution is 5.60. The molecule has 2 rings (SSSR count). The van der Waals surface area contributed by atoms with Crippen molar-refractivity contribution in [1.29, 1.82) is 0 Å². The summed E-state index contributed by atoms with van der Waals surface area (Å²) >= 11 is 0. The van der Waals surface area contributed by atoms with Gasteiger partial charge in [0.25, 0.3) is 0 Å². The molecule has 1 aliphatic heterocycles. The molecule has 0 atom stereocenters. The summed E-state index contributed by atoms with van der Waals surface area (Å²) < 4.78 is 0. The second kappa shape index (κ2) is 6.32. The molecule has 0 spiro atoms. The quantitative estimate of drug-likeness (QED) is 0.787. The van der Waals surface area contributed by atoms with Gasteiger partial charge < -0.3 is 10.0 Å². The molecule has 0 saturated carbocycles. The van der Waals surface area contributed by atoms with Gasteiger partial charge in [-0.15, -0.1) is 0 Å². The molecule has 90 valence electrons. The number of rotatable bonds is 2. The summed E-state index contributed by atoms with van der Waals surface area (Å²) in [4.78, 5) is 2.42. The van der Waals surface area contributed by atoms with Crippen LogP contribution in [0.3, 0.4) is 0 Å². The van der Waals surface area contributed by atoms with Crippen LogP contribution in [0.15, 0.2) is 24.3 Å². The molecule has 1 aliphatic rings. The van der Waals surface area contributed by atoms with E-state index in [1.807, 2.05) is 6.07 Å². The number of aliphatic hydroxyl groups excluding tert-OH is 1. The lowest BCUT2D eigenvalue weighted by molar-refractivity contribution is 0.305. The van der Waals surface area contributed by atoms with E-state index in [0.717, 1.165) is 18.7 Å². The van der Waals surface area contributed by atoms with Crippen LogP contribution in [-0.4, -0.2) is 24.8 Å². The van der Waals surface area contributed by atoms with Gasteiger partial charge in [-0.1, -0.05) is 24.0 Å². The van der Waals surface area contributed by atoms with Crippen molar-refractivity contribution in [3.8, 4) is 11.8 Å². The van der Waals surface area contributed by atoms with Crippen LogP contribution in [0.4, 0.5) is 5.69 Å². The van der Waals surface area contributed by atoms with E-state index < -0.39 is 0 Å². The van der Waals surface area contributed by atoms with Gasteiger partial charge in [0.05, 0.1) is 12.3 Å². The molecule has 0 bridgehead atoms. The molecular formula is C15H19NO.